The third-order valence-electron chi connectivity index (χ3n) is 3.86. The van der Waals surface area contributed by atoms with Crippen molar-refractivity contribution in [2.75, 3.05) is 5.32 Å². The molecule has 0 bridgehead atoms. The first-order valence-electron chi connectivity index (χ1n) is 7.10. The second-order valence-electron chi connectivity index (χ2n) is 5.36. The van der Waals surface area contributed by atoms with E-state index in [-0.39, 0.29) is 18.1 Å². The van der Waals surface area contributed by atoms with Crippen molar-refractivity contribution in [3.63, 3.8) is 0 Å². The lowest BCUT2D eigenvalue weighted by Crippen LogP contribution is -2.04. The Morgan fingerprint density at radius 1 is 0.955 bits per heavy atom. The minimum atomic E-state index is -0.174. The van der Waals surface area contributed by atoms with Gasteiger partial charge < -0.3 is 15.2 Å². The number of aromatic hydroxyl groups is 1. The molecule has 2 N–H and O–H groups in total. The van der Waals surface area contributed by atoms with Crippen LogP contribution in [0.4, 0.5) is 5.69 Å². The molecule has 4 rings (SSSR count). The summed E-state index contributed by atoms with van der Waals surface area (Å²) in [7, 11) is 0. The lowest BCUT2D eigenvalue weighted by atomic mass is 10.0. The summed E-state index contributed by atoms with van der Waals surface area (Å²) in [5, 5.41) is 16.2. The largest absolute Gasteiger partial charge is 0.508 e. The summed E-state index contributed by atoms with van der Waals surface area (Å²) in [5.74, 6) is 0.257. The third kappa shape index (κ3) is 2.39. The van der Waals surface area contributed by atoms with E-state index < -0.39 is 0 Å². The summed E-state index contributed by atoms with van der Waals surface area (Å²) in [6.07, 6.45) is -0.340. The molecule has 1 aliphatic heterocycles. The molecule has 4 heteroatoms. The maximum absolute atomic E-state index is 10.2. The highest BCUT2D eigenvalue weighted by Gasteiger charge is 2.42. The molecule has 0 aromatic heterocycles. The van der Waals surface area contributed by atoms with Crippen LogP contribution in [0.3, 0.4) is 0 Å². The second-order valence-corrected chi connectivity index (χ2v) is 5.77. The zero-order chi connectivity index (χ0) is 15.1. The van der Waals surface area contributed by atoms with Gasteiger partial charge in [0.15, 0.2) is 6.23 Å². The number of halogens is 1. The molecule has 0 aliphatic carbocycles. The van der Waals surface area contributed by atoms with Crippen LogP contribution in [0.2, 0.25) is 5.02 Å². The first-order valence-corrected chi connectivity index (χ1v) is 7.48. The number of para-hydroxylation sites is 1. The molecule has 1 heterocycles. The molecule has 22 heavy (non-hydrogen) atoms. The predicted molar refractivity (Wildman–Crippen MR) is 88.3 cm³/mol. The van der Waals surface area contributed by atoms with Crippen molar-refractivity contribution in [3.05, 3.63) is 71.2 Å². The molecule has 1 fully saturated rings. The van der Waals surface area contributed by atoms with Crippen LogP contribution >= 0.6 is 11.6 Å². The van der Waals surface area contributed by atoms with Crippen molar-refractivity contribution < 1.29 is 9.84 Å². The van der Waals surface area contributed by atoms with E-state index in [1.165, 1.54) is 0 Å². The minimum absolute atomic E-state index is 0.166. The molecule has 110 valence electrons. The highest BCUT2D eigenvalue weighted by molar-refractivity contribution is 6.33. The number of ether oxygens (including phenoxy) is 1. The Morgan fingerprint density at radius 2 is 1.64 bits per heavy atom. The van der Waals surface area contributed by atoms with Gasteiger partial charge in [-0.1, -0.05) is 48.0 Å². The molecule has 0 spiro atoms. The van der Waals surface area contributed by atoms with Gasteiger partial charge in [0.2, 0.25) is 0 Å². The average Bonchev–Trinajstić information content (AvgIpc) is 3.28. The molecule has 2 atom stereocenters. The Hall–Kier alpha value is -2.23. The van der Waals surface area contributed by atoms with Gasteiger partial charge in [0.05, 0.1) is 10.7 Å². The predicted octanol–water partition coefficient (Wildman–Crippen LogP) is 4.71. The number of fused-ring (bicyclic) bond motifs is 1. The smallest absolute Gasteiger partial charge is 0.159 e. The number of hydrogen-bond donors (Lipinski definition) is 2. The van der Waals surface area contributed by atoms with E-state index in [1.54, 1.807) is 6.07 Å². The van der Waals surface area contributed by atoms with Gasteiger partial charge in [-0.2, -0.15) is 0 Å². The zero-order valence-electron chi connectivity index (χ0n) is 11.7. The lowest BCUT2D eigenvalue weighted by molar-refractivity contribution is 0.378. The van der Waals surface area contributed by atoms with E-state index in [4.69, 9.17) is 16.3 Å². The van der Waals surface area contributed by atoms with Gasteiger partial charge in [-0.3, -0.25) is 0 Å². The summed E-state index contributed by atoms with van der Waals surface area (Å²) in [6, 6.07) is 19.2. The Morgan fingerprint density at radius 3 is 2.41 bits per heavy atom. The fourth-order valence-corrected chi connectivity index (χ4v) is 2.85. The number of epoxide rings is 1. The van der Waals surface area contributed by atoms with Crippen LogP contribution in [-0.4, -0.2) is 11.3 Å². The summed E-state index contributed by atoms with van der Waals surface area (Å²) >= 11 is 6.13. The van der Waals surface area contributed by atoms with Crippen LogP contribution in [0, 0.1) is 0 Å². The number of hydrogen-bond acceptors (Lipinski definition) is 3. The van der Waals surface area contributed by atoms with Crippen molar-refractivity contribution in [1.29, 1.82) is 0 Å². The van der Waals surface area contributed by atoms with Crippen LogP contribution in [0.25, 0.3) is 10.8 Å². The third-order valence-corrected chi connectivity index (χ3v) is 4.19. The topological polar surface area (TPSA) is 44.8 Å². The highest BCUT2D eigenvalue weighted by Crippen LogP contribution is 2.44. The SMILES string of the molecule is Oc1cc2ccccc2cc1C1OC1Nc1ccccc1Cl. The van der Waals surface area contributed by atoms with Crippen molar-refractivity contribution in [2.24, 2.45) is 0 Å². The molecule has 3 aromatic carbocycles. The molecule has 1 aliphatic rings. The van der Waals surface area contributed by atoms with Crippen molar-refractivity contribution in [1.82, 2.24) is 0 Å². The summed E-state index contributed by atoms with van der Waals surface area (Å²) in [5.41, 5.74) is 1.63. The second kappa shape index (κ2) is 5.20. The normalized spacial score (nSPS) is 20.0. The Bertz CT molecular complexity index is 849. The summed E-state index contributed by atoms with van der Waals surface area (Å²) in [4.78, 5) is 0. The fraction of sp³-hybridized carbons (Fsp3) is 0.111. The monoisotopic (exact) mass is 311 g/mol. The molecule has 3 aromatic rings. The lowest BCUT2D eigenvalue weighted by Gasteiger charge is -2.07. The van der Waals surface area contributed by atoms with Crippen LogP contribution in [0.5, 0.6) is 5.75 Å². The molecule has 1 saturated heterocycles. The number of phenolic OH excluding ortho intramolecular Hbond substituents is 1. The molecule has 0 amide bonds. The quantitative estimate of drug-likeness (QED) is 0.689. The van der Waals surface area contributed by atoms with E-state index >= 15 is 0 Å². The summed E-state index contributed by atoms with van der Waals surface area (Å²) in [6.45, 7) is 0. The number of nitrogens with one attached hydrogen (secondary N) is 1. The van der Waals surface area contributed by atoms with Gasteiger partial charge in [0.1, 0.15) is 11.9 Å². The van der Waals surface area contributed by atoms with Gasteiger partial charge in [-0.25, -0.2) is 0 Å². The molecular weight excluding hydrogens is 298 g/mol. The van der Waals surface area contributed by atoms with Crippen LogP contribution in [-0.2, 0) is 4.74 Å². The van der Waals surface area contributed by atoms with Gasteiger partial charge >= 0.3 is 0 Å². The van der Waals surface area contributed by atoms with Crippen molar-refractivity contribution >= 4 is 28.1 Å². The first kappa shape index (κ1) is 13.4. The van der Waals surface area contributed by atoms with Gasteiger partial charge in [0, 0.05) is 5.56 Å². The summed E-state index contributed by atoms with van der Waals surface area (Å²) < 4.78 is 5.66. The van der Waals surface area contributed by atoms with Crippen LogP contribution in [0.1, 0.15) is 11.7 Å². The number of rotatable bonds is 3. The maximum Gasteiger partial charge on any atom is 0.159 e. The molecule has 0 radical (unpaired) electrons. The van der Waals surface area contributed by atoms with Gasteiger partial charge in [-0.05, 0) is 35.0 Å². The Balaban J connectivity index is 1.59. The standard InChI is InChI=1S/C18H14ClNO2/c19-14-7-3-4-8-15(14)20-18-17(22-18)13-9-11-5-1-2-6-12(11)10-16(13)21/h1-10,17-18,20-21H. The van der Waals surface area contributed by atoms with E-state index in [2.05, 4.69) is 5.32 Å². The average molecular weight is 312 g/mol. The van der Waals surface area contributed by atoms with E-state index in [1.807, 2.05) is 54.6 Å². The van der Waals surface area contributed by atoms with E-state index in [9.17, 15) is 5.11 Å². The molecular formula is C18H14ClNO2. The van der Waals surface area contributed by atoms with E-state index in [0.29, 0.717) is 5.02 Å². The van der Waals surface area contributed by atoms with Gasteiger partial charge in [0.25, 0.3) is 0 Å². The highest BCUT2D eigenvalue weighted by atomic mass is 35.5. The Kier molecular flexibility index (Phi) is 3.17. The fourth-order valence-electron chi connectivity index (χ4n) is 2.66. The number of anilines is 1. The van der Waals surface area contributed by atoms with Crippen molar-refractivity contribution in [2.45, 2.75) is 12.3 Å². The minimum Gasteiger partial charge on any atom is -0.508 e. The first-order chi connectivity index (χ1) is 10.7. The zero-order valence-corrected chi connectivity index (χ0v) is 12.4. The van der Waals surface area contributed by atoms with Crippen molar-refractivity contribution in [3.8, 4) is 5.75 Å². The number of phenols is 1. The van der Waals surface area contributed by atoms with Gasteiger partial charge in [-0.15, -0.1) is 0 Å². The molecule has 2 unspecified atom stereocenters. The van der Waals surface area contributed by atoms with Crippen LogP contribution < -0.4 is 5.32 Å². The van der Waals surface area contributed by atoms with E-state index in [0.717, 1.165) is 22.0 Å². The Labute approximate surface area is 133 Å². The van der Waals surface area contributed by atoms with Crippen LogP contribution in [0.15, 0.2) is 60.7 Å². The maximum atomic E-state index is 10.2. The number of benzene rings is 3. The molecule has 0 saturated carbocycles. The molecule has 3 nitrogen and oxygen atoms in total.